The third-order valence-electron chi connectivity index (χ3n) is 5.03. The largest absolute Gasteiger partial charge is 0.496 e. The van der Waals surface area contributed by atoms with Gasteiger partial charge >= 0.3 is 0 Å². The second kappa shape index (κ2) is 8.81. The van der Waals surface area contributed by atoms with Crippen molar-refractivity contribution in [2.24, 2.45) is 0 Å². The van der Waals surface area contributed by atoms with Crippen LogP contribution in [0.4, 0.5) is 0 Å². The van der Waals surface area contributed by atoms with Crippen LogP contribution in [0.15, 0.2) is 48.8 Å². The number of aromatic nitrogens is 1. The van der Waals surface area contributed by atoms with Crippen molar-refractivity contribution in [1.82, 2.24) is 14.8 Å². The van der Waals surface area contributed by atoms with Crippen molar-refractivity contribution in [2.75, 3.05) is 33.8 Å². The van der Waals surface area contributed by atoms with Crippen LogP contribution >= 0.6 is 0 Å². The lowest BCUT2D eigenvalue weighted by Gasteiger charge is -2.33. The molecule has 1 aromatic carbocycles. The summed E-state index contributed by atoms with van der Waals surface area (Å²) >= 11 is 0. The molecule has 138 valence electrons. The van der Waals surface area contributed by atoms with Gasteiger partial charge in [-0.3, -0.25) is 14.7 Å². The van der Waals surface area contributed by atoms with Crippen molar-refractivity contribution >= 4 is 5.91 Å². The predicted octanol–water partition coefficient (Wildman–Crippen LogP) is 2.93. The summed E-state index contributed by atoms with van der Waals surface area (Å²) in [6, 6.07) is 12.2. The zero-order chi connectivity index (χ0) is 18.4. The van der Waals surface area contributed by atoms with Gasteiger partial charge < -0.3 is 9.64 Å². The van der Waals surface area contributed by atoms with Crippen molar-refractivity contribution in [3.8, 4) is 5.75 Å². The van der Waals surface area contributed by atoms with Gasteiger partial charge in [0.1, 0.15) is 5.75 Å². The summed E-state index contributed by atoms with van der Waals surface area (Å²) in [5.41, 5.74) is 2.43. The van der Waals surface area contributed by atoms with E-state index in [-0.39, 0.29) is 5.91 Å². The van der Waals surface area contributed by atoms with Gasteiger partial charge in [-0.05, 0) is 55.1 Å². The van der Waals surface area contributed by atoms with Crippen LogP contribution in [-0.4, -0.2) is 54.5 Å². The number of carbonyl (C=O) groups is 1. The highest BCUT2D eigenvalue weighted by Crippen LogP contribution is 2.33. The first-order valence-electron chi connectivity index (χ1n) is 9.15. The van der Waals surface area contributed by atoms with E-state index >= 15 is 0 Å². The monoisotopic (exact) mass is 353 g/mol. The van der Waals surface area contributed by atoms with Crippen LogP contribution in [0.3, 0.4) is 0 Å². The number of rotatable bonds is 6. The van der Waals surface area contributed by atoms with E-state index in [0.29, 0.717) is 12.5 Å². The summed E-state index contributed by atoms with van der Waals surface area (Å²) in [5, 5.41) is 0. The van der Waals surface area contributed by atoms with Gasteiger partial charge in [-0.15, -0.1) is 0 Å². The molecule has 26 heavy (non-hydrogen) atoms. The molecule has 0 radical (unpaired) electrons. The van der Waals surface area contributed by atoms with Gasteiger partial charge in [0.05, 0.1) is 13.7 Å². The highest BCUT2D eigenvalue weighted by atomic mass is 16.5. The molecule has 1 fully saturated rings. The lowest BCUT2D eigenvalue weighted by molar-refractivity contribution is -0.133. The molecular weight excluding hydrogens is 326 g/mol. The Morgan fingerprint density at radius 1 is 1.19 bits per heavy atom. The molecule has 0 bridgehead atoms. The van der Waals surface area contributed by atoms with E-state index in [4.69, 9.17) is 4.74 Å². The van der Waals surface area contributed by atoms with Crippen LogP contribution in [0.1, 0.15) is 29.9 Å². The SMILES string of the molecule is COc1ccccc1C1CCN(C(=O)CN(C)Cc2ccncc2)CC1. The molecule has 0 spiro atoms. The highest BCUT2D eigenvalue weighted by Gasteiger charge is 2.25. The number of hydrogen-bond acceptors (Lipinski definition) is 4. The van der Waals surface area contributed by atoms with Gasteiger partial charge in [0.2, 0.25) is 5.91 Å². The van der Waals surface area contributed by atoms with Gasteiger partial charge in [-0.2, -0.15) is 0 Å². The standard InChI is InChI=1S/C21H27N3O2/c1-23(15-17-7-11-22-12-8-17)16-21(25)24-13-9-18(10-14-24)19-5-3-4-6-20(19)26-2/h3-8,11-12,18H,9-10,13-16H2,1-2H3. The van der Waals surface area contributed by atoms with Crippen LogP contribution in [0.25, 0.3) is 0 Å². The van der Waals surface area contributed by atoms with Crippen LogP contribution in [-0.2, 0) is 11.3 Å². The maximum Gasteiger partial charge on any atom is 0.236 e. The van der Waals surface area contributed by atoms with E-state index in [9.17, 15) is 4.79 Å². The predicted molar refractivity (Wildman–Crippen MR) is 102 cm³/mol. The van der Waals surface area contributed by atoms with Crippen molar-refractivity contribution in [3.05, 3.63) is 59.9 Å². The van der Waals surface area contributed by atoms with Crippen molar-refractivity contribution in [1.29, 1.82) is 0 Å². The van der Waals surface area contributed by atoms with Crippen molar-refractivity contribution < 1.29 is 9.53 Å². The van der Waals surface area contributed by atoms with Gasteiger partial charge in [0.15, 0.2) is 0 Å². The van der Waals surface area contributed by atoms with E-state index in [1.165, 1.54) is 11.1 Å². The zero-order valence-electron chi connectivity index (χ0n) is 15.6. The van der Waals surface area contributed by atoms with E-state index in [1.807, 2.05) is 36.2 Å². The molecule has 1 amide bonds. The lowest BCUT2D eigenvalue weighted by atomic mass is 9.89. The molecule has 2 heterocycles. The third-order valence-corrected chi connectivity index (χ3v) is 5.03. The number of benzene rings is 1. The van der Waals surface area contributed by atoms with Gasteiger partial charge in [0, 0.05) is 32.0 Å². The quantitative estimate of drug-likeness (QED) is 0.801. The molecule has 2 aromatic rings. The molecule has 0 saturated carbocycles. The summed E-state index contributed by atoms with van der Waals surface area (Å²) in [4.78, 5) is 20.7. The molecule has 0 atom stereocenters. The Morgan fingerprint density at radius 3 is 2.58 bits per heavy atom. The molecule has 5 heteroatoms. The minimum Gasteiger partial charge on any atom is -0.496 e. The molecule has 0 N–H and O–H groups in total. The number of likely N-dealkylation sites (N-methyl/N-ethyl adjacent to an activating group) is 1. The zero-order valence-corrected chi connectivity index (χ0v) is 15.6. The summed E-state index contributed by atoms with van der Waals surface area (Å²) in [5.74, 6) is 1.62. The summed E-state index contributed by atoms with van der Waals surface area (Å²) < 4.78 is 5.49. The van der Waals surface area contributed by atoms with Crippen LogP contribution < -0.4 is 4.74 Å². The fourth-order valence-corrected chi connectivity index (χ4v) is 3.63. The number of hydrogen-bond donors (Lipinski definition) is 0. The molecule has 1 saturated heterocycles. The number of ether oxygens (including phenoxy) is 1. The van der Waals surface area contributed by atoms with Crippen molar-refractivity contribution in [2.45, 2.75) is 25.3 Å². The number of carbonyl (C=O) groups excluding carboxylic acids is 1. The fourth-order valence-electron chi connectivity index (χ4n) is 3.63. The van der Waals surface area contributed by atoms with E-state index in [2.05, 4.69) is 22.0 Å². The Hall–Kier alpha value is -2.40. The number of nitrogens with zero attached hydrogens (tertiary/aromatic N) is 3. The topological polar surface area (TPSA) is 45.7 Å². The first kappa shape index (κ1) is 18.4. The maximum absolute atomic E-state index is 12.6. The molecule has 1 aliphatic heterocycles. The number of methoxy groups -OCH3 is 1. The second-order valence-corrected chi connectivity index (χ2v) is 6.92. The first-order chi connectivity index (χ1) is 12.7. The van der Waals surface area contributed by atoms with Crippen molar-refractivity contribution in [3.63, 3.8) is 0 Å². The minimum atomic E-state index is 0.208. The minimum absolute atomic E-state index is 0.208. The smallest absolute Gasteiger partial charge is 0.236 e. The summed E-state index contributed by atoms with van der Waals surface area (Å²) in [6.07, 6.45) is 5.54. The molecule has 1 aromatic heterocycles. The van der Waals surface area contributed by atoms with Crippen LogP contribution in [0, 0.1) is 0 Å². The van der Waals surface area contributed by atoms with Crippen LogP contribution in [0.5, 0.6) is 5.75 Å². The van der Waals surface area contributed by atoms with Gasteiger partial charge in [-0.25, -0.2) is 0 Å². The maximum atomic E-state index is 12.6. The van der Waals surface area contributed by atoms with E-state index < -0.39 is 0 Å². The molecular formula is C21H27N3O2. The van der Waals surface area contributed by atoms with E-state index in [0.717, 1.165) is 38.2 Å². The molecule has 1 aliphatic rings. The number of amides is 1. The van der Waals surface area contributed by atoms with Gasteiger partial charge in [-0.1, -0.05) is 18.2 Å². The Kier molecular flexibility index (Phi) is 6.23. The number of pyridine rings is 1. The Balaban J connectivity index is 1.50. The average Bonchev–Trinajstić information content (AvgIpc) is 2.68. The molecule has 0 unspecified atom stereocenters. The first-order valence-corrected chi connectivity index (χ1v) is 9.15. The lowest BCUT2D eigenvalue weighted by Crippen LogP contribution is -2.42. The number of para-hydroxylation sites is 1. The summed E-state index contributed by atoms with van der Waals surface area (Å²) in [7, 11) is 3.70. The number of likely N-dealkylation sites (tertiary alicyclic amines) is 1. The fraction of sp³-hybridized carbons (Fsp3) is 0.429. The Morgan fingerprint density at radius 2 is 1.88 bits per heavy atom. The second-order valence-electron chi connectivity index (χ2n) is 6.92. The molecule has 5 nitrogen and oxygen atoms in total. The number of piperidine rings is 1. The highest BCUT2D eigenvalue weighted by molar-refractivity contribution is 5.78. The normalized spacial score (nSPS) is 15.3. The Bertz CT molecular complexity index is 712. The third kappa shape index (κ3) is 4.61. The van der Waals surface area contributed by atoms with Gasteiger partial charge in [0.25, 0.3) is 0 Å². The summed E-state index contributed by atoms with van der Waals surface area (Å²) in [6.45, 7) is 2.82. The van der Waals surface area contributed by atoms with E-state index in [1.54, 1.807) is 19.5 Å². The van der Waals surface area contributed by atoms with Crippen LogP contribution in [0.2, 0.25) is 0 Å². The Labute approximate surface area is 155 Å². The molecule has 0 aliphatic carbocycles. The average molecular weight is 353 g/mol. The molecule has 3 rings (SSSR count).